The van der Waals surface area contributed by atoms with Crippen LogP contribution in [0.4, 0.5) is 5.69 Å². The topological polar surface area (TPSA) is 53.1 Å². The minimum absolute atomic E-state index is 0.0560. The normalized spacial score (nSPS) is 20.5. The summed E-state index contributed by atoms with van der Waals surface area (Å²) in [4.78, 5) is 31.5. The van der Waals surface area contributed by atoms with Crippen LogP contribution in [0.2, 0.25) is 0 Å². The number of hydrogen-bond acceptors (Lipinski definition) is 4. The molecule has 2 heterocycles. The molecule has 1 aromatic rings. The van der Waals surface area contributed by atoms with Crippen LogP contribution >= 0.6 is 0 Å². The van der Waals surface area contributed by atoms with Crippen molar-refractivity contribution in [2.24, 2.45) is 0 Å². The molecule has 2 amide bonds. The SMILES string of the molecule is CCC(=O)N1CCCN(C2CCOCC2)CCCN(C(C)=O)c2ccccc2C1. The van der Waals surface area contributed by atoms with Crippen LogP contribution in [0.1, 0.15) is 51.5 Å². The molecule has 0 aromatic heterocycles. The summed E-state index contributed by atoms with van der Waals surface area (Å²) in [6, 6.07) is 8.56. The van der Waals surface area contributed by atoms with Gasteiger partial charge in [-0.05, 0) is 37.3 Å². The zero-order chi connectivity index (χ0) is 20.6. The second-order valence-electron chi connectivity index (χ2n) is 8.05. The van der Waals surface area contributed by atoms with Crippen LogP contribution in [0.15, 0.2) is 24.3 Å². The van der Waals surface area contributed by atoms with Crippen molar-refractivity contribution in [3.8, 4) is 0 Å². The van der Waals surface area contributed by atoms with Gasteiger partial charge in [0.25, 0.3) is 0 Å². The molecular weight excluding hydrogens is 366 g/mol. The Balaban J connectivity index is 1.85. The van der Waals surface area contributed by atoms with Gasteiger partial charge in [-0.2, -0.15) is 0 Å². The van der Waals surface area contributed by atoms with E-state index in [4.69, 9.17) is 4.74 Å². The molecule has 0 radical (unpaired) electrons. The van der Waals surface area contributed by atoms with E-state index < -0.39 is 0 Å². The van der Waals surface area contributed by atoms with Gasteiger partial charge in [0.15, 0.2) is 0 Å². The lowest BCUT2D eigenvalue weighted by Crippen LogP contribution is -2.43. The fourth-order valence-corrected chi connectivity index (χ4v) is 4.50. The van der Waals surface area contributed by atoms with E-state index in [0.29, 0.717) is 25.6 Å². The highest BCUT2D eigenvalue weighted by atomic mass is 16.5. The van der Waals surface area contributed by atoms with Gasteiger partial charge in [-0.15, -0.1) is 0 Å². The standard InChI is InChI=1S/C23H35N3O3/c1-3-23(28)25-14-6-12-24(21-10-16-29-17-11-21)13-7-15-26(19(2)27)22-9-5-4-8-20(22)18-25/h4-5,8-9,21H,3,6-7,10-18H2,1-2H3. The summed E-state index contributed by atoms with van der Waals surface area (Å²) in [5.74, 6) is 0.226. The molecule has 0 aliphatic carbocycles. The Kier molecular flexibility index (Phi) is 8.07. The summed E-state index contributed by atoms with van der Waals surface area (Å²) in [5.41, 5.74) is 1.98. The molecule has 2 aliphatic rings. The first-order chi connectivity index (χ1) is 14.1. The molecule has 0 bridgehead atoms. The molecule has 0 N–H and O–H groups in total. The Morgan fingerprint density at radius 2 is 1.72 bits per heavy atom. The molecule has 1 aromatic carbocycles. The Bertz CT molecular complexity index is 688. The number of anilines is 1. The molecular formula is C23H35N3O3. The van der Waals surface area contributed by atoms with Crippen LogP contribution in [0.25, 0.3) is 0 Å². The second-order valence-corrected chi connectivity index (χ2v) is 8.05. The van der Waals surface area contributed by atoms with Crippen molar-refractivity contribution in [2.75, 3.05) is 44.3 Å². The van der Waals surface area contributed by atoms with Gasteiger partial charge in [0.2, 0.25) is 11.8 Å². The van der Waals surface area contributed by atoms with Gasteiger partial charge in [0.1, 0.15) is 0 Å². The van der Waals surface area contributed by atoms with Crippen LogP contribution in [0.3, 0.4) is 0 Å². The third-order valence-corrected chi connectivity index (χ3v) is 6.09. The first kappa shape index (κ1) is 21.8. The van der Waals surface area contributed by atoms with Gasteiger partial charge in [-0.3, -0.25) is 9.59 Å². The van der Waals surface area contributed by atoms with E-state index in [9.17, 15) is 9.59 Å². The first-order valence-electron chi connectivity index (χ1n) is 11.1. The van der Waals surface area contributed by atoms with E-state index in [1.165, 1.54) is 0 Å². The van der Waals surface area contributed by atoms with Crippen molar-refractivity contribution >= 4 is 17.5 Å². The third kappa shape index (κ3) is 5.80. The number of rotatable bonds is 2. The molecule has 2 aliphatic heterocycles. The van der Waals surface area contributed by atoms with Crippen molar-refractivity contribution in [2.45, 2.75) is 58.5 Å². The van der Waals surface area contributed by atoms with Crippen LogP contribution < -0.4 is 4.90 Å². The number of ether oxygens (including phenoxy) is 1. The molecule has 160 valence electrons. The zero-order valence-corrected chi connectivity index (χ0v) is 17.9. The van der Waals surface area contributed by atoms with E-state index in [1.807, 2.05) is 41.0 Å². The van der Waals surface area contributed by atoms with Gasteiger partial charge < -0.3 is 19.4 Å². The minimum atomic E-state index is 0.0560. The molecule has 1 saturated heterocycles. The van der Waals surface area contributed by atoms with Crippen molar-refractivity contribution in [3.63, 3.8) is 0 Å². The molecule has 0 unspecified atom stereocenters. The van der Waals surface area contributed by atoms with E-state index in [1.54, 1.807) is 6.92 Å². The Labute approximate surface area is 174 Å². The third-order valence-electron chi connectivity index (χ3n) is 6.09. The number of nitrogens with zero attached hydrogens (tertiary/aromatic N) is 3. The smallest absolute Gasteiger partial charge is 0.223 e. The van der Waals surface area contributed by atoms with Crippen LogP contribution in [-0.2, 0) is 20.9 Å². The van der Waals surface area contributed by atoms with Crippen molar-refractivity contribution < 1.29 is 14.3 Å². The number of carbonyl (C=O) groups excluding carboxylic acids is 2. The van der Waals surface area contributed by atoms with Crippen LogP contribution in [0, 0.1) is 0 Å². The molecule has 6 heteroatoms. The Morgan fingerprint density at radius 3 is 2.41 bits per heavy atom. The molecule has 29 heavy (non-hydrogen) atoms. The molecule has 0 atom stereocenters. The fourth-order valence-electron chi connectivity index (χ4n) is 4.50. The van der Waals surface area contributed by atoms with E-state index >= 15 is 0 Å². The maximum absolute atomic E-state index is 12.6. The van der Waals surface area contributed by atoms with E-state index in [2.05, 4.69) is 4.90 Å². The lowest BCUT2D eigenvalue weighted by molar-refractivity contribution is -0.131. The lowest BCUT2D eigenvalue weighted by atomic mass is 10.1. The van der Waals surface area contributed by atoms with Crippen LogP contribution in [0.5, 0.6) is 0 Å². The molecule has 6 nitrogen and oxygen atoms in total. The summed E-state index contributed by atoms with van der Waals surface area (Å²) in [6.07, 6.45) is 4.56. The number of para-hydroxylation sites is 1. The number of amides is 2. The Morgan fingerprint density at radius 1 is 1.03 bits per heavy atom. The highest BCUT2D eigenvalue weighted by Crippen LogP contribution is 2.24. The highest BCUT2D eigenvalue weighted by Gasteiger charge is 2.24. The van der Waals surface area contributed by atoms with Gasteiger partial charge >= 0.3 is 0 Å². The average Bonchev–Trinajstić information content (AvgIpc) is 2.74. The van der Waals surface area contributed by atoms with Crippen molar-refractivity contribution in [1.29, 1.82) is 0 Å². The quantitative estimate of drug-likeness (QED) is 0.764. The zero-order valence-electron chi connectivity index (χ0n) is 17.9. The minimum Gasteiger partial charge on any atom is -0.381 e. The first-order valence-corrected chi connectivity index (χ1v) is 11.1. The molecule has 0 spiro atoms. The largest absolute Gasteiger partial charge is 0.381 e. The van der Waals surface area contributed by atoms with Crippen molar-refractivity contribution in [1.82, 2.24) is 9.80 Å². The van der Waals surface area contributed by atoms with Crippen LogP contribution in [-0.4, -0.2) is 67.0 Å². The van der Waals surface area contributed by atoms with Crippen molar-refractivity contribution in [3.05, 3.63) is 29.8 Å². The van der Waals surface area contributed by atoms with E-state index in [-0.39, 0.29) is 11.8 Å². The number of carbonyl (C=O) groups is 2. The monoisotopic (exact) mass is 401 g/mol. The summed E-state index contributed by atoms with van der Waals surface area (Å²) in [5, 5.41) is 0. The summed E-state index contributed by atoms with van der Waals surface area (Å²) in [7, 11) is 0. The lowest BCUT2D eigenvalue weighted by Gasteiger charge is -2.36. The summed E-state index contributed by atoms with van der Waals surface area (Å²) < 4.78 is 5.55. The maximum atomic E-state index is 12.6. The summed E-state index contributed by atoms with van der Waals surface area (Å²) >= 11 is 0. The number of fused-ring (bicyclic) bond motifs is 1. The molecule has 1 fully saturated rings. The second kappa shape index (κ2) is 10.7. The predicted molar refractivity (Wildman–Crippen MR) is 115 cm³/mol. The summed E-state index contributed by atoms with van der Waals surface area (Å²) in [6.45, 7) is 9.17. The molecule has 0 saturated carbocycles. The maximum Gasteiger partial charge on any atom is 0.223 e. The molecule has 3 rings (SSSR count). The predicted octanol–water partition coefficient (Wildman–Crippen LogP) is 3.05. The van der Waals surface area contributed by atoms with E-state index in [0.717, 1.165) is 69.8 Å². The van der Waals surface area contributed by atoms with Gasteiger partial charge in [-0.25, -0.2) is 0 Å². The van der Waals surface area contributed by atoms with Gasteiger partial charge in [-0.1, -0.05) is 25.1 Å². The van der Waals surface area contributed by atoms with Gasteiger partial charge in [0, 0.05) is 71.0 Å². The number of hydrogen-bond donors (Lipinski definition) is 0. The fraction of sp³-hybridized carbons (Fsp3) is 0.652. The van der Waals surface area contributed by atoms with Gasteiger partial charge in [0.05, 0.1) is 0 Å². The Hall–Kier alpha value is -1.92. The number of benzene rings is 1. The average molecular weight is 402 g/mol. The highest BCUT2D eigenvalue weighted by molar-refractivity contribution is 5.92.